The predicted molar refractivity (Wildman–Crippen MR) is 151 cm³/mol. The quantitative estimate of drug-likeness (QED) is 0.485. The van der Waals surface area contributed by atoms with Gasteiger partial charge in [-0.3, -0.25) is 4.90 Å². The molecule has 4 heterocycles. The second-order valence-electron chi connectivity index (χ2n) is 11.1. The number of anilines is 1. The maximum Gasteiger partial charge on any atom is 0.318 e. The summed E-state index contributed by atoms with van der Waals surface area (Å²) in [6.45, 7) is 10.6. The zero-order valence-electron chi connectivity index (χ0n) is 23.7. The minimum Gasteiger partial charge on any atom is -0.497 e. The van der Waals surface area contributed by atoms with Crippen molar-refractivity contribution >= 4 is 15.8 Å². The van der Waals surface area contributed by atoms with Crippen LogP contribution in [0.1, 0.15) is 36.8 Å². The summed E-state index contributed by atoms with van der Waals surface area (Å²) in [5.74, 6) is 1.52. The van der Waals surface area contributed by atoms with E-state index < -0.39 is 10.0 Å². The van der Waals surface area contributed by atoms with Crippen LogP contribution in [0, 0.1) is 13.8 Å². The van der Waals surface area contributed by atoms with E-state index in [0.29, 0.717) is 40.4 Å². The first kappa shape index (κ1) is 28.1. The average Bonchev–Trinajstić information content (AvgIpc) is 3.42. The van der Waals surface area contributed by atoms with Gasteiger partial charge in [-0.25, -0.2) is 13.4 Å². The molecule has 1 aromatic heterocycles. The lowest BCUT2D eigenvalue weighted by Crippen LogP contribution is -2.53. The Bertz CT molecular complexity index is 1220. The van der Waals surface area contributed by atoms with Crippen LogP contribution in [0.25, 0.3) is 0 Å². The first-order valence-electron chi connectivity index (χ1n) is 14.1. The van der Waals surface area contributed by atoms with E-state index in [1.165, 1.54) is 25.9 Å². The molecule has 0 spiro atoms. The summed E-state index contributed by atoms with van der Waals surface area (Å²) in [6, 6.07) is 6.19. The van der Waals surface area contributed by atoms with Crippen molar-refractivity contribution < 1.29 is 17.9 Å². The molecule has 1 atom stereocenters. The largest absolute Gasteiger partial charge is 0.497 e. The SMILES string of the molecule is COc1cc(C)c(S(=O)(=O)N2CCC[C@H]2COc2nccc(N3CCN(C4CCN(C)CC4)CC3)n2)c(C)c1. The van der Waals surface area contributed by atoms with Crippen molar-refractivity contribution in [1.29, 1.82) is 0 Å². The maximum absolute atomic E-state index is 13.7. The molecule has 10 nitrogen and oxygen atoms in total. The van der Waals surface area contributed by atoms with Crippen molar-refractivity contribution in [3.05, 3.63) is 35.5 Å². The first-order chi connectivity index (χ1) is 18.8. The molecule has 0 N–H and O–H groups in total. The third-order valence-corrected chi connectivity index (χ3v) is 10.7. The number of rotatable bonds is 8. The third kappa shape index (κ3) is 6.16. The van der Waals surface area contributed by atoms with Crippen molar-refractivity contribution in [3.63, 3.8) is 0 Å². The molecule has 0 aliphatic carbocycles. The van der Waals surface area contributed by atoms with Crippen LogP contribution in [0.3, 0.4) is 0 Å². The smallest absolute Gasteiger partial charge is 0.318 e. The van der Waals surface area contributed by atoms with Crippen molar-refractivity contribution in [2.45, 2.75) is 56.5 Å². The van der Waals surface area contributed by atoms with E-state index in [4.69, 9.17) is 9.47 Å². The Morgan fingerprint density at radius 3 is 2.33 bits per heavy atom. The Morgan fingerprint density at radius 2 is 1.67 bits per heavy atom. The van der Waals surface area contributed by atoms with Gasteiger partial charge >= 0.3 is 6.01 Å². The van der Waals surface area contributed by atoms with Gasteiger partial charge in [0.1, 0.15) is 18.2 Å². The minimum absolute atomic E-state index is 0.223. The van der Waals surface area contributed by atoms with Gasteiger partial charge in [0.15, 0.2) is 0 Å². The van der Waals surface area contributed by atoms with Crippen LogP contribution in [-0.2, 0) is 10.0 Å². The normalized spacial score (nSPS) is 22.4. The molecule has 3 aliphatic rings. The summed E-state index contributed by atoms with van der Waals surface area (Å²) in [4.78, 5) is 16.7. The van der Waals surface area contributed by atoms with Gasteiger partial charge in [0.05, 0.1) is 18.0 Å². The lowest BCUT2D eigenvalue weighted by Gasteiger charge is -2.42. The molecule has 0 saturated carbocycles. The van der Waals surface area contributed by atoms with Gasteiger partial charge < -0.3 is 19.3 Å². The molecule has 0 amide bonds. The van der Waals surface area contributed by atoms with Gasteiger partial charge in [0.2, 0.25) is 10.0 Å². The van der Waals surface area contributed by atoms with E-state index in [-0.39, 0.29) is 12.6 Å². The Kier molecular flexibility index (Phi) is 8.60. The average molecular weight is 559 g/mol. The lowest BCUT2D eigenvalue weighted by atomic mass is 10.0. The highest BCUT2D eigenvalue weighted by Gasteiger charge is 2.37. The van der Waals surface area contributed by atoms with Crippen LogP contribution in [0.5, 0.6) is 11.8 Å². The van der Waals surface area contributed by atoms with E-state index in [1.54, 1.807) is 29.7 Å². The molecule has 39 heavy (non-hydrogen) atoms. The van der Waals surface area contributed by atoms with Gasteiger partial charge in [0, 0.05) is 45.0 Å². The number of sulfonamides is 1. The summed E-state index contributed by atoms with van der Waals surface area (Å²) in [5, 5.41) is 0. The number of aryl methyl sites for hydroxylation is 2. The molecule has 2 aromatic rings. The van der Waals surface area contributed by atoms with Gasteiger partial charge in [-0.15, -0.1) is 0 Å². The molecule has 3 aliphatic heterocycles. The number of nitrogens with zero attached hydrogens (tertiary/aromatic N) is 6. The lowest BCUT2D eigenvalue weighted by molar-refractivity contribution is 0.115. The summed E-state index contributed by atoms with van der Waals surface area (Å²) >= 11 is 0. The summed E-state index contributed by atoms with van der Waals surface area (Å²) in [5.41, 5.74) is 1.37. The summed E-state index contributed by atoms with van der Waals surface area (Å²) in [7, 11) is 0.110. The fourth-order valence-corrected chi connectivity index (χ4v) is 8.36. The number of likely N-dealkylation sites (tertiary alicyclic amines) is 1. The number of piperazine rings is 1. The maximum atomic E-state index is 13.7. The van der Waals surface area contributed by atoms with E-state index >= 15 is 0 Å². The molecular weight excluding hydrogens is 516 g/mol. The summed E-state index contributed by atoms with van der Waals surface area (Å²) in [6.07, 6.45) is 5.76. The van der Waals surface area contributed by atoms with E-state index in [0.717, 1.165) is 44.8 Å². The second kappa shape index (κ2) is 12.0. The Labute approximate surface area is 233 Å². The fraction of sp³-hybridized carbons (Fsp3) is 0.643. The molecule has 3 fully saturated rings. The number of piperidine rings is 1. The zero-order valence-corrected chi connectivity index (χ0v) is 24.5. The van der Waals surface area contributed by atoms with Crippen molar-refractivity contribution in [2.75, 3.05) is 71.5 Å². The number of hydrogen-bond donors (Lipinski definition) is 0. The number of benzene rings is 1. The van der Waals surface area contributed by atoms with E-state index in [1.807, 2.05) is 19.9 Å². The third-order valence-electron chi connectivity index (χ3n) is 8.43. The Balaban J connectivity index is 1.20. The molecule has 214 valence electrons. The van der Waals surface area contributed by atoms with Gasteiger partial charge in [-0.05, 0) is 89.0 Å². The summed E-state index contributed by atoms with van der Waals surface area (Å²) < 4.78 is 40.3. The Morgan fingerprint density at radius 1 is 0.974 bits per heavy atom. The number of ether oxygens (including phenoxy) is 2. The zero-order chi connectivity index (χ0) is 27.6. The molecule has 0 bridgehead atoms. The standard InChI is InChI=1S/C28H42N6O4S/c1-21-18-25(37-4)19-22(2)27(21)39(35,36)34-11-5-6-24(34)20-38-28-29-10-7-26(30-28)33-16-14-32(15-17-33)23-8-12-31(3)13-9-23/h7,10,18-19,23-24H,5-6,8-9,11-17,20H2,1-4H3/t24-/m0/s1. The highest BCUT2D eigenvalue weighted by atomic mass is 32.2. The Hall–Kier alpha value is -2.47. The van der Waals surface area contributed by atoms with Crippen molar-refractivity contribution in [2.24, 2.45) is 0 Å². The molecular formula is C28H42N6O4S. The predicted octanol–water partition coefficient (Wildman–Crippen LogP) is 2.55. The fourth-order valence-electron chi connectivity index (χ4n) is 6.27. The molecule has 3 saturated heterocycles. The molecule has 0 radical (unpaired) electrons. The van der Waals surface area contributed by atoms with Crippen LogP contribution in [0.2, 0.25) is 0 Å². The number of aromatic nitrogens is 2. The van der Waals surface area contributed by atoms with Crippen LogP contribution >= 0.6 is 0 Å². The molecule has 1 aromatic carbocycles. The van der Waals surface area contributed by atoms with Crippen LogP contribution in [-0.4, -0.2) is 111 Å². The van der Waals surface area contributed by atoms with Crippen LogP contribution in [0.4, 0.5) is 5.82 Å². The second-order valence-corrected chi connectivity index (χ2v) is 12.9. The number of hydrogen-bond acceptors (Lipinski definition) is 9. The highest BCUT2D eigenvalue weighted by Crippen LogP contribution is 2.32. The monoisotopic (exact) mass is 558 g/mol. The molecule has 5 rings (SSSR count). The minimum atomic E-state index is -3.68. The van der Waals surface area contributed by atoms with Crippen molar-refractivity contribution in [3.8, 4) is 11.8 Å². The van der Waals surface area contributed by atoms with Gasteiger partial charge in [-0.2, -0.15) is 9.29 Å². The van der Waals surface area contributed by atoms with Crippen LogP contribution in [0.15, 0.2) is 29.3 Å². The highest BCUT2D eigenvalue weighted by molar-refractivity contribution is 7.89. The van der Waals surface area contributed by atoms with E-state index in [2.05, 4.69) is 31.7 Å². The van der Waals surface area contributed by atoms with E-state index in [9.17, 15) is 8.42 Å². The van der Waals surface area contributed by atoms with Crippen molar-refractivity contribution in [1.82, 2.24) is 24.1 Å². The molecule has 11 heteroatoms. The van der Waals surface area contributed by atoms with Gasteiger partial charge in [0.25, 0.3) is 0 Å². The molecule has 0 unspecified atom stereocenters. The van der Waals surface area contributed by atoms with Gasteiger partial charge in [-0.1, -0.05) is 0 Å². The first-order valence-corrected chi connectivity index (χ1v) is 15.5. The number of methoxy groups -OCH3 is 1. The van der Waals surface area contributed by atoms with Crippen LogP contribution < -0.4 is 14.4 Å². The topological polar surface area (TPSA) is 91.3 Å².